The molecule has 0 radical (unpaired) electrons. The number of hydrogen-bond donors (Lipinski definition) is 0. The molecule has 0 aromatic rings. The Kier molecular flexibility index (Phi) is 3.34. The SMILES string of the molecule is O=S(=O)(CC1CC(F)(F)C1)N1CCOC[C@H]1C1CC1. The van der Waals surface area contributed by atoms with Gasteiger partial charge in [-0.2, -0.15) is 4.31 Å². The average molecular weight is 295 g/mol. The Morgan fingerprint density at radius 3 is 2.53 bits per heavy atom. The van der Waals surface area contributed by atoms with Crippen molar-refractivity contribution >= 4 is 10.0 Å². The second-order valence-electron chi connectivity index (χ2n) is 6.00. The van der Waals surface area contributed by atoms with E-state index < -0.39 is 15.9 Å². The number of rotatable bonds is 4. The molecule has 0 amide bonds. The molecule has 0 N–H and O–H groups in total. The molecule has 2 aliphatic carbocycles. The maximum atomic E-state index is 12.8. The van der Waals surface area contributed by atoms with Crippen LogP contribution in [0.5, 0.6) is 0 Å². The summed E-state index contributed by atoms with van der Waals surface area (Å²) in [5, 5.41) is 0. The van der Waals surface area contributed by atoms with Gasteiger partial charge in [-0.3, -0.25) is 0 Å². The van der Waals surface area contributed by atoms with Crippen molar-refractivity contribution in [3.63, 3.8) is 0 Å². The second-order valence-corrected chi connectivity index (χ2v) is 7.97. The van der Waals surface area contributed by atoms with Crippen molar-refractivity contribution < 1.29 is 21.9 Å². The van der Waals surface area contributed by atoms with E-state index in [1.54, 1.807) is 0 Å². The average Bonchev–Trinajstić information content (AvgIpc) is 3.10. The molecule has 0 aromatic carbocycles. The van der Waals surface area contributed by atoms with Gasteiger partial charge in [0.25, 0.3) is 0 Å². The third-order valence-electron chi connectivity index (χ3n) is 4.26. The van der Waals surface area contributed by atoms with E-state index in [-0.39, 0.29) is 30.6 Å². The minimum atomic E-state index is -3.43. The summed E-state index contributed by atoms with van der Waals surface area (Å²) in [6, 6.07) is -0.0701. The summed E-state index contributed by atoms with van der Waals surface area (Å²) in [5.41, 5.74) is 0. The summed E-state index contributed by atoms with van der Waals surface area (Å²) in [6.45, 7) is 1.22. The van der Waals surface area contributed by atoms with Gasteiger partial charge in [0.1, 0.15) is 0 Å². The number of hydrogen-bond acceptors (Lipinski definition) is 3. The fourth-order valence-corrected chi connectivity index (χ4v) is 5.12. The van der Waals surface area contributed by atoms with Crippen molar-refractivity contribution in [3.05, 3.63) is 0 Å². The summed E-state index contributed by atoms with van der Waals surface area (Å²) >= 11 is 0. The first-order valence-electron chi connectivity index (χ1n) is 6.82. The number of alkyl halides is 2. The Balaban J connectivity index is 1.65. The molecule has 1 saturated heterocycles. The quantitative estimate of drug-likeness (QED) is 0.789. The minimum absolute atomic E-state index is 0.0701. The lowest BCUT2D eigenvalue weighted by Gasteiger charge is -2.39. The van der Waals surface area contributed by atoms with Crippen LogP contribution in [0.2, 0.25) is 0 Å². The number of morpholine rings is 1. The van der Waals surface area contributed by atoms with E-state index in [2.05, 4.69) is 0 Å². The fourth-order valence-electron chi connectivity index (χ4n) is 3.10. The van der Waals surface area contributed by atoms with Gasteiger partial charge in [-0.15, -0.1) is 0 Å². The number of halogens is 2. The summed E-state index contributed by atoms with van der Waals surface area (Å²) < 4.78 is 57.2. The molecule has 4 nitrogen and oxygen atoms in total. The van der Waals surface area contributed by atoms with Gasteiger partial charge >= 0.3 is 0 Å². The highest BCUT2D eigenvalue weighted by atomic mass is 32.2. The third kappa shape index (κ3) is 2.92. The predicted octanol–water partition coefficient (Wildman–Crippen LogP) is 1.47. The lowest BCUT2D eigenvalue weighted by molar-refractivity contribution is -0.104. The Morgan fingerprint density at radius 2 is 1.95 bits per heavy atom. The van der Waals surface area contributed by atoms with Gasteiger partial charge in [-0.25, -0.2) is 17.2 Å². The van der Waals surface area contributed by atoms with E-state index >= 15 is 0 Å². The van der Waals surface area contributed by atoms with Crippen molar-refractivity contribution in [1.29, 1.82) is 0 Å². The van der Waals surface area contributed by atoms with Crippen LogP contribution in [0.15, 0.2) is 0 Å². The molecule has 1 heterocycles. The summed E-state index contributed by atoms with van der Waals surface area (Å²) in [7, 11) is -3.43. The zero-order valence-corrected chi connectivity index (χ0v) is 11.5. The maximum absolute atomic E-state index is 12.8. The predicted molar refractivity (Wildman–Crippen MR) is 65.5 cm³/mol. The molecule has 110 valence electrons. The molecule has 0 bridgehead atoms. The molecule has 1 atom stereocenters. The summed E-state index contributed by atoms with van der Waals surface area (Å²) in [5.74, 6) is -2.77. The molecule has 1 aliphatic heterocycles. The third-order valence-corrected chi connectivity index (χ3v) is 6.32. The lowest BCUT2D eigenvalue weighted by Crippen LogP contribution is -2.52. The van der Waals surface area contributed by atoms with E-state index in [0.29, 0.717) is 25.7 Å². The smallest absolute Gasteiger partial charge is 0.248 e. The standard InChI is InChI=1S/C12H19F2NO3S/c13-12(14)5-9(6-12)8-19(16,17)15-3-4-18-7-11(15)10-1-2-10/h9-11H,1-8H2/t11-/m0/s1. The molecular weight excluding hydrogens is 276 g/mol. The molecule has 2 saturated carbocycles. The van der Waals surface area contributed by atoms with Crippen LogP contribution in [0.3, 0.4) is 0 Å². The van der Waals surface area contributed by atoms with Gasteiger partial charge in [0.05, 0.1) is 25.0 Å². The van der Waals surface area contributed by atoms with Crippen molar-refractivity contribution in [2.24, 2.45) is 11.8 Å². The van der Waals surface area contributed by atoms with Gasteiger partial charge in [0, 0.05) is 19.4 Å². The maximum Gasteiger partial charge on any atom is 0.248 e. The molecule has 3 rings (SSSR count). The first-order valence-corrected chi connectivity index (χ1v) is 8.43. The highest BCUT2D eigenvalue weighted by Gasteiger charge is 2.49. The monoisotopic (exact) mass is 295 g/mol. The van der Waals surface area contributed by atoms with E-state index in [4.69, 9.17) is 4.74 Å². The first kappa shape index (κ1) is 13.7. The zero-order chi connectivity index (χ0) is 13.7. The van der Waals surface area contributed by atoms with Gasteiger partial charge in [0.2, 0.25) is 15.9 Å². The summed E-state index contributed by atoms with van der Waals surface area (Å²) in [6.07, 6.45) is 1.51. The van der Waals surface area contributed by atoms with Crippen molar-refractivity contribution in [1.82, 2.24) is 4.31 Å². The topological polar surface area (TPSA) is 46.6 Å². The van der Waals surface area contributed by atoms with Crippen LogP contribution in [0.25, 0.3) is 0 Å². The molecule has 19 heavy (non-hydrogen) atoms. The lowest BCUT2D eigenvalue weighted by atomic mass is 9.83. The normalized spacial score (nSPS) is 33.1. The van der Waals surface area contributed by atoms with E-state index in [9.17, 15) is 17.2 Å². The van der Waals surface area contributed by atoms with Gasteiger partial charge in [-0.05, 0) is 24.7 Å². The van der Waals surface area contributed by atoms with E-state index in [0.717, 1.165) is 12.8 Å². The van der Waals surface area contributed by atoms with Crippen LogP contribution in [-0.2, 0) is 14.8 Å². The van der Waals surface area contributed by atoms with Crippen LogP contribution < -0.4 is 0 Å². The highest BCUT2D eigenvalue weighted by Crippen LogP contribution is 2.44. The van der Waals surface area contributed by atoms with Gasteiger partial charge in [-0.1, -0.05) is 0 Å². The van der Waals surface area contributed by atoms with Crippen molar-refractivity contribution in [3.8, 4) is 0 Å². The van der Waals surface area contributed by atoms with Gasteiger partial charge < -0.3 is 4.74 Å². The molecule has 3 fully saturated rings. The Morgan fingerprint density at radius 1 is 1.26 bits per heavy atom. The molecule has 0 aromatic heterocycles. The number of sulfonamides is 1. The largest absolute Gasteiger partial charge is 0.378 e. The number of ether oxygens (including phenoxy) is 1. The Hall–Kier alpha value is -0.270. The van der Waals surface area contributed by atoms with E-state index in [1.165, 1.54) is 4.31 Å². The van der Waals surface area contributed by atoms with Crippen molar-refractivity contribution in [2.45, 2.75) is 37.6 Å². The molecule has 0 unspecified atom stereocenters. The molecule has 3 aliphatic rings. The Labute approximate surface area is 112 Å². The van der Waals surface area contributed by atoms with Crippen LogP contribution >= 0.6 is 0 Å². The van der Waals surface area contributed by atoms with Crippen LogP contribution in [0, 0.1) is 11.8 Å². The van der Waals surface area contributed by atoms with Crippen LogP contribution in [0.4, 0.5) is 8.78 Å². The van der Waals surface area contributed by atoms with Crippen molar-refractivity contribution in [2.75, 3.05) is 25.5 Å². The molecular formula is C12H19F2NO3S. The van der Waals surface area contributed by atoms with Gasteiger partial charge in [0.15, 0.2) is 0 Å². The van der Waals surface area contributed by atoms with Crippen LogP contribution in [-0.4, -0.2) is 50.2 Å². The van der Waals surface area contributed by atoms with E-state index in [1.807, 2.05) is 0 Å². The zero-order valence-electron chi connectivity index (χ0n) is 10.7. The fraction of sp³-hybridized carbons (Fsp3) is 1.00. The minimum Gasteiger partial charge on any atom is -0.378 e. The highest BCUT2D eigenvalue weighted by molar-refractivity contribution is 7.89. The second kappa shape index (κ2) is 4.63. The Bertz CT molecular complexity index is 442. The first-order chi connectivity index (χ1) is 8.87. The van der Waals surface area contributed by atoms with Crippen LogP contribution in [0.1, 0.15) is 25.7 Å². The summed E-state index contributed by atoms with van der Waals surface area (Å²) in [4.78, 5) is 0. The molecule has 0 spiro atoms. The molecule has 7 heteroatoms. The number of nitrogens with zero attached hydrogens (tertiary/aromatic N) is 1.